The van der Waals surface area contributed by atoms with Crippen LogP contribution >= 0.6 is 0 Å². The first kappa shape index (κ1) is 9.27. The maximum absolute atomic E-state index is 11.6. The number of nitrogens with zero attached hydrogens (tertiary/aromatic N) is 1. The monoisotopic (exact) mass is 217 g/mol. The van der Waals surface area contributed by atoms with Gasteiger partial charge in [-0.15, -0.1) is 0 Å². The predicted octanol–water partition coefficient (Wildman–Crippen LogP) is 2.05. The number of hydrogen-bond acceptors (Lipinski definition) is 3. The third-order valence-electron chi connectivity index (χ3n) is 2.83. The number of carbonyl (C=O) groups is 1. The van der Waals surface area contributed by atoms with Crippen molar-refractivity contribution in [2.75, 3.05) is 6.61 Å². The van der Waals surface area contributed by atoms with E-state index in [4.69, 9.17) is 9.47 Å². The van der Waals surface area contributed by atoms with Crippen LogP contribution in [0.1, 0.15) is 11.6 Å². The summed E-state index contributed by atoms with van der Waals surface area (Å²) in [5.41, 5.74) is 1.05. The van der Waals surface area contributed by atoms with E-state index in [1.807, 2.05) is 30.3 Å². The van der Waals surface area contributed by atoms with Crippen LogP contribution in [-0.2, 0) is 9.47 Å². The first-order valence-electron chi connectivity index (χ1n) is 5.13. The Balaban J connectivity index is 1.90. The van der Waals surface area contributed by atoms with E-state index in [9.17, 15) is 4.79 Å². The number of cyclic esters (lactones) is 1. The lowest BCUT2D eigenvalue weighted by Crippen LogP contribution is -2.30. The first-order valence-corrected chi connectivity index (χ1v) is 5.13. The molecular weight excluding hydrogens is 206 g/mol. The molecule has 1 aromatic rings. The average Bonchev–Trinajstić information content (AvgIpc) is 2.88. The fourth-order valence-corrected chi connectivity index (χ4v) is 1.94. The largest absolute Gasteiger partial charge is 0.462 e. The van der Waals surface area contributed by atoms with E-state index in [1.54, 1.807) is 4.90 Å². The third-order valence-corrected chi connectivity index (χ3v) is 2.83. The molecule has 2 aliphatic rings. The molecule has 0 aromatic heterocycles. The lowest BCUT2D eigenvalue weighted by Gasteiger charge is -2.18. The van der Waals surface area contributed by atoms with Gasteiger partial charge in [-0.1, -0.05) is 36.9 Å². The molecule has 1 aromatic carbocycles. The van der Waals surface area contributed by atoms with Crippen LogP contribution in [0.25, 0.3) is 0 Å². The van der Waals surface area contributed by atoms with Gasteiger partial charge in [-0.2, -0.15) is 0 Å². The van der Waals surface area contributed by atoms with Crippen LogP contribution in [0.5, 0.6) is 0 Å². The maximum Gasteiger partial charge on any atom is 0.413 e. The van der Waals surface area contributed by atoms with Gasteiger partial charge in [-0.05, 0) is 5.56 Å². The fraction of sp³-hybridized carbons (Fsp3) is 0.250. The van der Waals surface area contributed by atoms with E-state index >= 15 is 0 Å². The van der Waals surface area contributed by atoms with Gasteiger partial charge in [0.05, 0.1) is 6.04 Å². The van der Waals surface area contributed by atoms with Gasteiger partial charge in [0.15, 0.2) is 5.76 Å². The maximum atomic E-state index is 11.6. The summed E-state index contributed by atoms with van der Waals surface area (Å²) in [6.07, 6.45) is -0.641. The number of rotatable bonds is 2. The highest BCUT2D eigenvalue weighted by atomic mass is 16.6. The second kappa shape index (κ2) is 3.27. The summed E-state index contributed by atoms with van der Waals surface area (Å²) in [6, 6.07) is 9.71. The van der Waals surface area contributed by atoms with E-state index in [-0.39, 0.29) is 18.4 Å². The minimum absolute atomic E-state index is 0.0713. The molecule has 2 saturated heterocycles. The van der Waals surface area contributed by atoms with Gasteiger partial charge < -0.3 is 9.47 Å². The number of carbonyl (C=O) groups excluding carboxylic acids is 1. The molecule has 0 radical (unpaired) electrons. The molecule has 1 unspecified atom stereocenters. The van der Waals surface area contributed by atoms with Gasteiger partial charge in [-0.25, -0.2) is 4.79 Å². The van der Waals surface area contributed by atoms with E-state index in [1.165, 1.54) is 0 Å². The molecular formula is C12H11NO3. The molecule has 2 heterocycles. The first-order chi connectivity index (χ1) is 7.77. The summed E-state index contributed by atoms with van der Waals surface area (Å²) in [5, 5.41) is 0. The summed E-state index contributed by atoms with van der Waals surface area (Å²) in [4.78, 5) is 13.2. The Morgan fingerprint density at radius 2 is 2.00 bits per heavy atom. The molecule has 4 nitrogen and oxygen atoms in total. The van der Waals surface area contributed by atoms with Crippen molar-refractivity contribution in [3.8, 4) is 0 Å². The SMILES string of the molecule is C=C1OC1N1C(=O)OC[C@H]1c1ccccc1. The van der Waals surface area contributed by atoms with Gasteiger partial charge in [0.25, 0.3) is 0 Å². The third kappa shape index (κ3) is 1.34. The van der Waals surface area contributed by atoms with Crippen LogP contribution in [0.4, 0.5) is 4.79 Å². The Bertz CT molecular complexity index is 443. The molecule has 0 bridgehead atoms. The van der Waals surface area contributed by atoms with Crippen molar-refractivity contribution in [1.82, 2.24) is 4.90 Å². The van der Waals surface area contributed by atoms with Crippen molar-refractivity contribution < 1.29 is 14.3 Å². The van der Waals surface area contributed by atoms with Crippen LogP contribution in [0.2, 0.25) is 0 Å². The van der Waals surface area contributed by atoms with Crippen LogP contribution in [-0.4, -0.2) is 23.8 Å². The molecule has 4 heteroatoms. The zero-order valence-electron chi connectivity index (χ0n) is 8.63. The molecule has 2 atom stereocenters. The number of ether oxygens (including phenoxy) is 2. The van der Waals surface area contributed by atoms with E-state index < -0.39 is 0 Å². The van der Waals surface area contributed by atoms with Crippen LogP contribution in [0.15, 0.2) is 42.7 Å². The average molecular weight is 217 g/mol. The Kier molecular flexibility index (Phi) is 1.89. The van der Waals surface area contributed by atoms with E-state index in [0.29, 0.717) is 12.4 Å². The van der Waals surface area contributed by atoms with Crippen molar-refractivity contribution in [1.29, 1.82) is 0 Å². The highest BCUT2D eigenvalue weighted by Gasteiger charge is 2.48. The molecule has 0 N–H and O–H groups in total. The molecule has 2 fully saturated rings. The fourth-order valence-electron chi connectivity index (χ4n) is 1.94. The van der Waals surface area contributed by atoms with Crippen molar-refractivity contribution in [3.05, 3.63) is 48.2 Å². The number of epoxide rings is 1. The van der Waals surface area contributed by atoms with Gasteiger partial charge >= 0.3 is 6.09 Å². The molecule has 1 amide bonds. The molecule has 16 heavy (non-hydrogen) atoms. The quantitative estimate of drug-likeness (QED) is 0.712. The van der Waals surface area contributed by atoms with Crippen molar-refractivity contribution in [2.24, 2.45) is 0 Å². The summed E-state index contributed by atoms with van der Waals surface area (Å²) in [5.74, 6) is 0.625. The van der Waals surface area contributed by atoms with Gasteiger partial charge in [-0.3, -0.25) is 4.90 Å². The molecule has 3 rings (SSSR count). The van der Waals surface area contributed by atoms with Crippen molar-refractivity contribution >= 4 is 6.09 Å². The summed E-state index contributed by atoms with van der Waals surface area (Å²) >= 11 is 0. The lowest BCUT2D eigenvalue weighted by molar-refractivity contribution is 0.139. The normalized spacial score (nSPS) is 27.6. The molecule has 2 aliphatic heterocycles. The second-order valence-electron chi connectivity index (χ2n) is 3.85. The van der Waals surface area contributed by atoms with Crippen molar-refractivity contribution in [3.63, 3.8) is 0 Å². The molecule has 0 aliphatic carbocycles. The van der Waals surface area contributed by atoms with E-state index in [2.05, 4.69) is 6.58 Å². The smallest absolute Gasteiger partial charge is 0.413 e. The Hall–Kier alpha value is -1.97. The van der Waals surface area contributed by atoms with E-state index in [0.717, 1.165) is 5.56 Å². The van der Waals surface area contributed by atoms with Gasteiger partial charge in [0, 0.05) is 0 Å². The highest BCUT2D eigenvalue weighted by molar-refractivity contribution is 5.71. The zero-order valence-corrected chi connectivity index (χ0v) is 8.63. The van der Waals surface area contributed by atoms with Crippen LogP contribution in [0.3, 0.4) is 0 Å². The highest BCUT2D eigenvalue weighted by Crippen LogP contribution is 2.38. The second-order valence-corrected chi connectivity index (χ2v) is 3.85. The minimum atomic E-state index is -0.336. The van der Waals surface area contributed by atoms with Crippen LogP contribution in [0, 0.1) is 0 Å². The summed E-state index contributed by atoms with van der Waals surface area (Å²) in [7, 11) is 0. The van der Waals surface area contributed by atoms with Crippen molar-refractivity contribution in [2.45, 2.75) is 12.3 Å². The topological polar surface area (TPSA) is 42.1 Å². The molecule has 0 saturated carbocycles. The molecule has 82 valence electrons. The predicted molar refractivity (Wildman–Crippen MR) is 56.4 cm³/mol. The number of amides is 1. The Labute approximate surface area is 93.1 Å². The minimum Gasteiger partial charge on any atom is -0.462 e. The van der Waals surface area contributed by atoms with Gasteiger partial charge in [0.1, 0.15) is 6.61 Å². The van der Waals surface area contributed by atoms with Crippen LogP contribution < -0.4 is 0 Å². The molecule has 0 spiro atoms. The van der Waals surface area contributed by atoms with Gasteiger partial charge in [0.2, 0.25) is 6.23 Å². The standard InChI is InChI=1S/C12H11NO3/c1-8-11(16-8)13-10(7-15-12(13)14)9-5-3-2-4-6-9/h2-6,10-11H,1,7H2/t10-,11?/m0/s1. The number of hydrogen-bond donors (Lipinski definition) is 0. The summed E-state index contributed by atoms with van der Waals surface area (Å²) < 4.78 is 10.2. The summed E-state index contributed by atoms with van der Waals surface area (Å²) in [6.45, 7) is 4.05. The zero-order chi connectivity index (χ0) is 11.1. The number of benzene rings is 1. The Morgan fingerprint density at radius 3 is 2.62 bits per heavy atom. The lowest BCUT2D eigenvalue weighted by atomic mass is 10.1. The Morgan fingerprint density at radius 1 is 1.31 bits per heavy atom.